The zero-order valence-electron chi connectivity index (χ0n) is 18.2. The Hall–Kier alpha value is -2.26. The Morgan fingerprint density at radius 2 is 1.97 bits per heavy atom. The fourth-order valence-electron chi connectivity index (χ4n) is 3.58. The van der Waals surface area contributed by atoms with Gasteiger partial charge in [0.05, 0.1) is 16.3 Å². The molecule has 2 aromatic heterocycles. The molecule has 2 amide bonds. The highest BCUT2D eigenvalue weighted by Gasteiger charge is 2.36. The van der Waals surface area contributed by atoms with Gasteiger partial charge in [0.15, 0.2) is 10.8 Å². The van der Waals surface area contributed by atoms with Gasteiger partial charge in [-0.2, -0.15) is 5.10 Å². The van der Waals surface area contributed by atoms with Gasteiger partial charge in [0.2, 0.25) is 5.91 Å². The zero-order chi connectivity index (χ0) is 21.5. The van der Waals surface area contributed by atoms with Gasteiger partial charge in [-0.25, -0.2) is 4.98 Å². The molecule has 1 atom stereocenters. The lowest BCUT2D eigenvalue weighted by atomic mass is 9.87. The van der Waals surface area contributed by atoms with Crippen LogP contribution in [-0.2, 0) is 11.2 Å². The van der Waals surface area contributed by atoms with E-state index >= 15 is 0 Å². The Kier molecular flexibility index (Phi) is 6.09. The third-order valence-electron chi connectivity index (χ3n) is 5.06. The summed E-state index contributed by atoms with van der Waals surface area (Å²) in [7, 11) is 5.81. The number of amides is 2. The molecule has 0 saturated heterocycles. The average molecular weight is 419 g/mol. The molecule has 2 heterocycles. The number of nitrogens with zero attached hydrogens (tertiary/aromatic N) is 5. The molecule has 0 spiro atoms. The van der Waals surface area contributed by atoms with Crippen molar-refractivity contribution in [3.63, 3.8) is 0 Å². The number of fused-ring (bicyclic) bond motifs is 3. The predicted octanol–water partition coefficient (Wildman–Crippen LogP) is 2.84. The molecule has 0 fully saturated rings. The maximum atomic E-state index is 13.2. The number of nitrogens with one attached hydrogen (secondary N) is 1. The first-order chi connectivity index (χ1) is 13.6. The summed E-state index contributed by atoms with van der Waals surface area (Å²) in [6.45, 7) is 9.15. The first-order valence-electron chi connectivity index (χ1n) is 9.90. The lowest BCUT2D eigenvalue weighted by Gasteiger charge is -2.22. The molecule has 9 heteroatoms. The summed E-state index contributed by atoms with van der Waals surface area (Å²) in [6.07, 6.45) is 0.726. The van der Waals surface area contributed by atoms with Crippen LogP contribution >= 0.6 is 11.3 Å². The van der Waals surface area contributed by atoms with E-state index in [9.17, 15) is 9.59 Å². The predicted molar refractivity (Wildman–Crippen MR) is 116 cm³/mol. The second-order valence-electron chi connectivity index (χ2n) is 8.26. The van der Waals surface area contributed by atoms with Gasteiger partial charge in [-0.3, -0.25) is 14.3 Å². The van der Waals surface area contributed by atoms with Crippen LogP contribution < -0.4 is 5.32 Å². The van der Waals surface area contributed by atoms with Crippen LogP contribution in [0.5, 0.6) is 0 Å². The highest BCUT2D eigenvalue weighted by atomic mass is 32.1. The number of anilines is 1. The van der Waals surface area contributed by atoms with Gasteiger partial charge < -0.3 is 15.1 Å². The van der Waals surface area contributed by atoms with E-state index in [2.05, 4.69) is 36.0 Å². The molecule has 29 heavy (non-hydrogen) atoms. The Labute approximate surface area is 175 Å². The quantitative estimate of drug-likeness (QED) is 0.780. The summed E-state index contributed by atoms with van der Waals surface area (Å²) in [5.74, 6) is -0.0667. The molecule has 2 aromatic rings. The molecule has 0 bridgehead atoms. The molecule has 1 N–H and O–H groups in total. The number of hydrogen-bond donors (Lipinski definition) is 1. The van der Waals surface area contributed by atoms with Crippen LogP contribution in [0.1, 0.15) is 61.4 Å². The zero-order valence-corrected chi connectivity index (χ0v) is 19.1. The number of hydrogen-bond acceptors (Lipinski definition) is 6. The number of carbonyl (C=O) groups excluding carboxylic acids is 2. The van der Waals surface area contributed by atoms with E-state index in [-0.39, 0.29) is 23.8 Å². The molecule has 0 saturated carbocycles. The van der Waals surface area contributed by atoms with Crippen molar-refractivity contribution in [2.75, 3.05) is 39.5 Å². The number of thiazole rings is 1. The maximum absolute atomic E-state index is 13.2. The van der Waals surface area contributed by atoms with Crippen molar-refractivity contribution in [2.45, 2.75) is 46.1 Å². The fourth-order valence-corrected chi connectivity index (χ4v) is 4.67. The Balaban J connectivity index is 2.07. The molecule has 1 unspecified atom stereocenters. The Morgan fingerprint density at radius 1 is 1.28 bits per heavy atom. The second kappa shape index (κ2) is 8.23. The van der Waals surface area contributed by atoms with E-state index in [1.165, 1.54) is 18.3 Å². The highest BCUT2D eigenvalue weighted by molar-refractivity contribution is 7.19. The molecule has 1 aliphatic carbocycles. The van der Waals surface area contributed by atoms with Crippen molar-refractivity contribution in [2.24, 2.45) is 0 Å². The van der Waals surface area contributed by atoms with E-state index in [4.69, 9.17) is 5.10 Å². The average Bonchev–Trinajstić information content (AvgIpc) is 3.19. The van der Waals surface area contributed by atoms with Crippen molar-refractivity contribution in [3.8, 4) is 10.6 Å². The van der Waals surface area contributed by atoms with Crippen LogP contribution in [0, 0.1) is 0 Å². The minimum absolute atomic E-state index is 0.0515. The van der Waals surface area contributed by atoms with Gasteiger partial charge >= 0.3 is 0 Å². The first kappa shape index (κ1) is 21.4. The van der Waals surface area contributed by atoms with Crippen molar-refractivity contribution in [3.05, 3.63) is 17.0 Å². The number of aromatic nitrogens is 3. The van der Waals surface area contributed by atoms with E-state index in [1.54, 1.807) is 4.90 Å². The molecular formula is C20H30N6O2S. The summed E-state index contributed by atoms with van der Waals surface area (Å²) < 4.78 is 1.94. The molecule has 0 radical (unpaired) electrons. The van der Waals surface area contributed by atoms with Gasteiger partial charge in [-0.05, 0) is 40.3 Å². The largest absolute Gasteiger partial charge is 0.339 e. The number of carbonyl (C=O) groups is 2. The van der Waals surface area contributed by atoms with Crippen molar-refractivity contribution < 1.29 is 9.59 Å². The van der Waals surface area contributed by atoms with Gasteiger partial charge in [0, 0.05) is 38.7 Å². The summed E-state index contributed by atoms with van der Waals surface area (Å²) >= 11 is 1.45. The fraction of sp³-hybridized carbons (Fsp3) is 0.600. The third kappa shape index (κ3) is 4.20. The summed E-state index contributed by atoms with van der Waals surface area (Å²) in [5.41, 5.74) is 3.45. The standard InChI is InChI=1S/C20H30N6O2S/c1-11(2)26-17-15(16(23-26)19(28)25(7)9-8-24(5)6)12(3)10-14-18(17)29-20(22-14)21-13(4)27/h11-12H,8-10H2,1-7H3,(H,21,22,27). The molecule has 158 valence electrons. The summed E-state index contributed by atoms with van der Waals surface area (Å²) in [6, 6.07) is 0.0989. The minimum Gasteiger partial charge on any atom is -0.339 e. The normalized spacial score (nSPS) is 15.4. The summed E-state index contributed by atoms with van der Waals surface area (Å²) in [4.78, 5) is 34.1. The minimum atomic E-state index is -0.139. The molecule has 8 nitrogen and oxygen atoms in total. The van der Waals surface area contributed by atoms with Crippen LogP contribution in [0.25, 0.3) is 10.6 Å². The van der Waals surface area contributed by atoms with Gasteiger partial charge in [-0.1, -0.05) is 18.3 Å². The molecule has 0 aliphatic heterocycles. The Bertz CT molecular complexity index is 930. The van der Waals surface area contributed by atoms with Crippen molar-refractivity contribution >= 4 is 28.3 Å². The van der Waals surface area contributed by atoms with E-state index < -0.39 is 0 Å². The van der Waals surface area contributed by atoms with Gasteiger partial charge in [0.25, 0.3) is 5.91 Å². The van der Waals surface area contributed by atoms with Crippen molar-refractivity contribution in [1.82, 2.24) is 24.6 Å². The van der Waals surface area contributed by atoms with Crippen LogP contribution in [0.3, 0.4) is 0 Å². The number of likely N-dealkylation sites (N-methyl/N-ethyl adjacent to an activating group) is 2. The molecular weight excluding hydrogens is 388 g/mol. The smallest absolute Gasteiger partial charge is 0.274 e. The third-order valence-corrected chi connectivity index (χ3v) is 6.08. The monoisotopic (exact) mass is 418 g/mol. The maximum Gasteiger partial charge on any atom is 0.274 e. The second-order valence-corrected chi connectivity index (χ2v) is 9.26. The highest BCUT2D eigenvalue weighted by Crippen LogP contribution is 2.46. The topological polar surface area (TPSA) is 83.4 Å². The van der Waals surface area contributed by atoms with Crippen LogP contribution in [0.2, 0.25) is 0 Å². The summed E-state index contributed by atoms with van der Waals surface area (Å²) in [5, 5.41) is 8.15. The van der Waals surface area contributed by atoms with E-state index in [0.717, 1.165) is 34.8 Å². The lowest BCUT2D eigenvalue weighted by Crippen LogP contribution is -2.34. The Morgan fingerprint density at radius 3 is 2.55 bits per heavy atom. The van der Waals surface area contributed by atoms with Crippen LogP contribution in [0.15, 0.2) is 0 Å². The van der Waals surface area contributed by atoms with E-state index in [1.807, 2.05) is 25.8 Å². The van der Waals surface area contributed by atoms with Gasteiger partial charge in [0.1, 0.15) is 0 Å². The lowest BCUT2D eigenvalue weighted by molar-refractivity contribution is -0.114. The van der Waals surface area contributed by atoms with E-state index in [0.29, 0.717) is 17.4 Å². The first-order valence-corrected chi connectivity index (χ1v) is 10.7. The number of rotatable bonds is 6. The van der Waals surface area contributed by atoms with Crippen LogP contribution in [0.4, 0.5) is 5.13 Å². The molecule has 3 rings (SSSR count). The van der Waals surface area contributed by atoms with Crippen molar-refractivity contribution in [1.29, 1.82) is 0 Å². The van der Waals surface area contributed by atoms with Gasteiger partial charge in [-0.15, -0.1) is 0 Å². The van der Waals surface area contributed by atoms with Crippen LogP contribution in [-0.4, -0.2) is 70.6 Å². The SMILES string of the molecule is CC(=O)Nc1nc2c(s1)-c1c(c(C(=O)N(C)CCN(C)C)nn1C(C)C)C(C)C2. The molecule has 1 aliphatic rings. The molecule has 0 aromatic carbocycles.